The summed E-state index contributed by atoms with van der Waals surface area (Å²) in [4.78, 5) is 12.2. The second-order valence-corrected chi connectivity index (χ2v) is 4.70. The number of benzene rings is 1. The molecule has 2 rings (SSSR count). The highest BCUT2D eigenvalue weighted by molar-refractivity contribution is 6.30. The lowest BCUT2D eigenvalue weighted by Gasteiger charge is -2.04. The third-order valence-electron chi connectivity index (χ3n) is 2.86. The van der Waals surface area contributed by atoms with Crippen LogP contribution in [0.3, 0.4) is 0 Å². The number of ketones is 1. The van der Waals surface area contributed by atoms with Gasteiger partial charge in [0.2, 0.25) is 0 Å². The number of aryl methyl sites for hydroxylation is 2. The minimum absolute atomic E-state index is 0.0971. The summed E-state index contributed by atoms with van der Waals surface area (Å²) in [5.41, 5.74) is 2.58. The third kappa shape index (κ3) is 2.79. The molecule has 0 saturated carbocycles. The number of aromatic nitrogens is 2. The van der Waals surface area contributed by atoms with Crippen LogP contribution in [0, 0.1) is 6.92 Å². The number of rotatable bonds is 4. The van der Waals surface area contributed by atoms with Crippen molar-refractivity contribution < 1.29 is 4.79 Å². The van der Waals surface area contributed by atoms with Crippen LogP contribution in [0.1, 0.15) is 28.4 Å². The molecule has 18 heavy (non-hydrogen) atoms. The zero-order chi connectivity index (χ0) is 13.1. The van der Waals surface area contributed by atoms with E-state index in [1.165, 1.54) is 0 Å². The molecule has 0 bridgehead atoms. The number of nitrogens with zero attached hydrogens (tertiary/aromatic N) is 2. The van der Waals surface area contributed by atoms with Crippen molar-refractivity contribution in [1.82, 2.24) is 9.78 Å². The van der Waals surface area contributed by atoms with Crippen molar-refractivity contribution in [2.24, 2.45) is 0 Å². The zero-order valence-corrected chi connectivity index (χ0v) is 11.2. The molecule has 3 nitrogen and oxygen atoms in total. The highest BCUT2D eigenvalue weighted by Gasteiger charge is 2.11. The molecule has 1 heterocycles. The normalized spacial score (nSPS) is 10.6. The summed E-state index contributed by atoms with van der Waals surface area (Å²) in [7, 11) is 0. The first-order valence-electron chi connectivity index (χ1n) is 5.91. The smallest absolute Gasteiger partial charge is 0.167 e. The first-order chi connectivity index (χ1) is 8.60. The fraction of sp³-hybridized carbons (Fsp3) is 0.286. The number of Topliss-reactive ketones (excluding diaryl/α,β-unsaturated/α-hetero) is 1. The maximum atomic E-state index is 12.2. The van der Waals surface area contributed by atoms with Gasteiger partial charge in [-0.15, -0.1) is 0 Å². The van der Waals surface area contributed by atoms with E-state index in [1.807, 2.05) is 30.8 Å². The van der Waals surface area contributed by atoms with Gasteiger partial charge < -0.3 is 0 Å². The van der Waals surface area contributed by atoms with Crippen molar-refractivity contribution in [2.45, 2.75) is 26.8 Å². The first-order valence-corrected chi connectivity index (χ1v) is 6.28. The molecule has 0 aliphatic carbocycles. The van der Waals surface area contributed by atoms with Gasteiger partial charge in [-0.3, -0.25) is 9.48 Å². The molecule has 0 fully saturated rings. The van der Waals surface area contributed by atoms with Crippen molar-refractivity contribution in [3.8, 4) is 0 Å². The van der Waals surface area contributed by atoms with Gasteiger partial charge in [-0.2, -0.15) is 5.10 Å². The van der Waals surface area contributed by atoms with E-state index in [-0.39, 0.29) is 5.78 Å². The van der Waals surface area contributed by atoms with Crippen LogP contribution in [-0.4, -0.2) is 15.6 Å². The Kier molecular flexibility index (Phi) is 3.82. The van der Waals surface area contributed by atoms with E-state index in [2.05, 4.69) is 5.10 Å². The van der Waals surface area contributed by atoms with Crippen molar-refractivity contribution in [2.75, 3.05) is 0 Å². The van der Waals surface area contributed by atoms with Gasteiger partial charge in [0.05, 0.1) is 6.20 Å². The topological polar surface area (TPSA) is 34.9 Å². The van der Waals surface area contributed by atoms with Gasteiger partial charge in [0, 0.05) is 29.7 Å². The molecular formula is C14H15ClN2O. The summed E-state index contributed by atoms with van der Waals surface area (Å²) >= 11 is 5.88. The van der Waals surface area contributed by atoms with Gasteiger partial charge in [-0.05, 0) is 43.2 Å². The molecule has 1 aromatic carbocycles. The lowest BCUT2D eigenvalue weighted by atomic mass is 10.0. The summed E-state index contributed by atoms with van der Waals surface area (Å²) < 4.78 is 1.82. The largest absolute Gasteiger partial charge is 0.294 e. The second-order valence-electron chi connectivity index (χ2n) is 4.26. The average molecular weight is 263 g/mol. The van der Waals surface area contributed by atoms with Gasteiger partial charge in [0.1, 0.15) is 0 Å². The monoisotopic (exact) mass is 262 g/mol. The van der Waals surface area contributed by atoms with Crippen LogP contribution in [0.15, 0.2) is 30.6 Å². The summed E-state index contributed by atoms with van der Waals surface area (Å²) in [6.07, 6.45) is 4.03. The summed E-state index contributed by atoms with van der Waals surface area (Å²) in [6, 6.07) is 5.34. The molecule has 94 valence electrons. The summed E-state index contributed by atoms with van der Waals surface area (Å²) in [5.74, 6) is 0.0971. The van der Waals surface area contributed by atoms with E-state index >= 15 is 0 Å². The fourth-order valence-corrected chi connectivity index (χ4v) is 2.12. The fourth-order valence-electron chi connectivity index (χ4n) is 1.89. The van der Waals surface area contributed by atoms with E-state index in [0.29, 0.717) is 11.4 Å². The molecule has 0 aliphatic heterocycles. The van der Waals surface area contributed by atoms with Crippen molar-refractivity contribution in [3.05, 3.63) is 52.3 Å². The molecule has 0 unspecified atom stereocenters. The third-order valence-corrected chi connectivity index (χ3v) is 3.10. The van der Waals surface area contributed by atoms with Gasteiger partial charge in [0.25, 0.3) is 0 Å². The van der Waals surface area contributed by atoms with Crippen LogP contribution < -0.4 is 0 Å². The average Bonchev–Trinajstić information content (AvgIpc) is 2.76. The molecule has 2 aromatic rings. The predicted octanol–water partition coefficient (Wildman–Crippen LogP) is 3.29. The Bertz CT molecular complexity index is 575. The molecule has 0 saturated heterocycles. The Morgan fingerprint density at radius 2 is 2.22 bits per heavy atom. The van der Waals surface area contributed by atoms with Gasteiger partial charge >= 0.3 is 0 Å². The predicted molar refractivity (Wildman–Crippen MR) is 72.1 cm³/mol. The highest BCUT2D eigenvalue weighted by Crippen LogP contribution is 2.17. The van der Waals surface area contributed by atoms with Crippen LogP contribution in [0.25, 0.3) is 0 Å². The molecule has 0 N–H and O–H groups in total. The quantitative estimate of drug-likeness (QED) is 0.793. The number of hydrogen-bond acceptors (Lipinski definition) is 2. The maximum Gasteiger partial charge on any atom is 0.167 e. The number of carbonyl (C=O) groups excluding carboxylic acids is 1. The van der Waals surface area contributed by atoms with Gasteiger partial charge in [0.15, 0.2) is 5.78 Å². The van der Waals surface area contributed by atoms with Crippen LogP contribution in [0.2, 0.25) is 5.02 Å². The molecule has 0 amide bonds. The van der Waals surface area contributed by atoms with E-state index in [0.717, 1.165) is 23.2 Å². The molecule has 0 aliphatic rings. The minimum Gasteiger partial charge on any atom is -0.294 e. The number of carbonyl (C=O) groups is 1. The van der Waals surface area contributed by atoms with Crippen LogP contribution in [0.4, 0.5) is 0 Å². The lowest BCUT2D eigenvalue weighted by Crippen LogP contribution is -2.05. The molecule has 0 radical (unpaired) electrons. The molecule has 0 atom stereocenters. The number of hydrogen-bond donors (Lipinski definition) is 0. The van der Waals surface area contributed by atoms with Crippen molar-refractivity contribution in [3.63, 3.8) is 0 Å². The Morgan fingerprint density at radius 3 is 2.83 bits per heavy atom. The van der Waals surface area contributed by atoms with E-state index in [9.17, 15) is 4.79 Å². The summed E-state index contributed by atoms with van der Waals surface area (Å²) in [6.45, 7) is 4.73. The highest BCUT2D eigenvalue weighted by atomic mass is 35.5. The minimum atomic E-state index is 0.0971. The second kappa shape index (κ2) is 5.36. The van der Waals surface area contributed by atoms with Crippen LogP contribution in [-0.2, 0) is 13.0 Å². The standard InChI is InChI=1S/C14H15ClN2O/c1-3-17-9-11(8-16-17)7-14(18)13-5-4-12(15)6-10(13)2/h4-6,8-9H,3,7H2,1-2H3. The lowest BCUT2D eigenvalue weighted by molar-refractivity contribution is 0.0992. The Hall–Kier alpha value is -1.61. The Balaban J connectivity index is 2.16. The molecule has 4 heteroatoms. The van der Waals surface area contributed by atoms with Gasteiger partial charge in [-0.25, -0.2) is 0 Å². The van der Waals surface area contributed by atoms with Crippen LogP contribution in [0.5, 0.6) is 0 Å². The van der Waals surface area contributed by atoms with Crippen LogP contribution >= 0.6 is 11.6 Å². The molecule has 1 aromatic heterocycles. The Morgan fingerprint density at radius 1 is 1.44 bits per heavy atom. The van der Waals surface area contributed by atoms with E-state index in [1.54, 1.807) is 18.3 Å². The summed E-state index contributed by atoms with van der Waals surface area (Å²) in [5, 5.41) is 4.82. The van der Waals surface area contributed by atoms with Crippen molar-refractivity contribution in [1.29, 1.82) is 0 Å². The number of halogens is 1. The maximum absolute atomic E-state index is 12.2. The first kappa shape index (κ1) is 12.8. The zero-order valence-electron chi connectivity index (χ0n) is 10.5. The van der Waals surface area contributed by atoms with E-state index in [4.69, 9.17) is 11.6 Å². The molecular weight excluding hydrogens is 248 g/mol. The van der Waals surface area contributed by atoms with Crippen molar-refractivity contribution >= 4 is 17.4 Å². The SMILES string of the molecule is CCn1cc(CC(=O)c2ccc(Cl)cc2C)cn1. The molecule has 0 spiro atoms. The van der Waals surface area contributed by atoms with E-state index < -0.39 is 0 Å². The Labute approximate surface area is 111 Å². The van der Waals surface area contributed by atoms with Gasteiger partial charge in [-0.1, -0.05) is 11.6 Å².